The minimum atomic E-state index is -6.17. The highest BCUT2D eigenvalue weighted by atomic mass is 31.3. The highest BCUT2D eigenvalue weighted by molar-refractivity contribution is 7.64. The smallest absolute Gasteiger partial charge is 0.278 e. The van der Waals surface area contributed by atoms with Crippen LogP contribution in [0, 0.1) is 11.8 Å². The molecule has 0 saturated carbocycles. The molecule has 6 unspecified atom stereocenters. The molecule has 37 heavy (non-hydrogen) atoms. The Hall–Kier alpha value is -1.80. The lowest BCUT2D eigenvalue weighted by atomic mass is 10.1. The van der Waals surface area contributed by atoms with E-state index in [9.17, 15) is 43.5 Å². The molecule has 18 nitrogen and oxygen atoms in total. The van der Waals surface area contributed by atoms with E-state index in [0.717, 1.165) is 12.8 Å². The van der Waals surface area contributed by atoms with E-state index in [4.69, 9.17) is 10.5 Å². The number of hydrogen-bond donors (Lipinski definition) is 3. The zero-order valence-corrected chi connectivity index (χ0v) is 21.5. The van der Waals surface area contributed by atoms with Crippen LogP contribution in [0.25, 0.3) is 11.2 Å². The van der Waals surface area contributed by atoms with Gasteiger partial charge in [-0.3, -0.25) is 18.0 Å². The molecule has 2 aromatic heterocycles. The molecule has 6 atom stereocenters. The van der Waals surface area contributed by atoms with Gasteiger partial charge in [0.2, 0.25) is 5.82 Å². The van der Waals surface area contributed by atoms with Crippen molar-refractivity contribution in [3.63, 3.8) is 0 Å². The van der Waals surface area contributed by atoms with Crippen LogP contribution in [0.5, 0.6) is 0 Å². The average Bonchev–Trinajstić information content (AvgIpc) is 3.29. The summed E-state index contributed by atoms with van der Waals surface area (Å²) in [7, 11) is -18.2. The quantitative estimate of drug-likeness (QED) is 0.146. The van der Waals surface area contributed by atoms with Gasteiger partial charge in [0.15, 0.2) is 17.7 Å². The lowest BCUT2D eigenvalue weighted by Crippen LogP contribution is -2.34. The van der Waals surface area contributed by atoms with Crippen molar-refractivity contribution in [2.75, 3.05) is 12.3 Å². The first-order chi connectivity index (χ1) is 17.1. The first-order valence-corrected chi connectivity index (χ1v) is 14.7. The lowest BCUT2D eigenvalue weighted by molar-refractivity contribution is -0.339. The number of nitrogens with zero attached hydrogens (tertiary/aromatic N) is 4. The Morgan fingerprint density at radius 2 is 1.84 bits per heavy atom. The highest BCUT2D eigenvalue weighted by Gasteiger charge is 2.45. The van der Waals surface area contributed by atoms with E-state index < -0.39 is 54.6 Å². The second-order valence-electron chi connectivity index (χ2n) is 7.51. The Morgan fingerprint density at radius 3 is 2.49 bits per heavy atom. The van der Waals surface area contributed by atoms with Crippen LogP contribution >= 0.6 is 23.5 Å². The van der Waals surface area contributed by atoms with Gasteiger partial charge in [0.05, 0.1) is 20.8 Å². The molecule has 2 aromatic rings. The summed E-state index contributed by atoms with van der Waals surface area (Å²) in [6.45, 7) is 0.904. The van der Waals surface area contributed by atoms with Gasteiger partial charge >= 0.3 is 0 Å². The first kappa shape index (κ1) is 29.8. The standard InChI is InChI=1S/C16H24N5O13P3/c1-2-3-4-5-6-10-19-14(17)11-15(20-10)21(8-18-11)16-13(23)12(22)9(32-16)7-31-36(27,28)34-37(29,30)33-35(24,25)26/h8-9,12-13,16,22-23H,2-4,7H2,1H3,(H,27,28)(H,29,30)(H2,17,19,20)(H2,24,25,26)/p-4. The van der Waals surface area contributed by atoms with Gasteiger partial charge in [0.1, 0.15) is 23.8 Å². The van der Waals surface area contributed by atoms with Crippen LogP contribution in [0.1, 0.15) is 38.2 Å². The van der Waals surface area contributed by atoms with Gasteiger partial charge in [0, 0.05) is 6.42 Å². The van der Waals surface area contributed by atoms with Crippen LogP contribution in [0.4, 0.5) is 5.82 Å². The van der Waals surface area contributed by atoms with Gasteiger partial charge in [-0.05, 0) is 12.3 Å². The van der Waals surface area contributed by atoms with Crippen LogP contribution in [-0.4, -0.2) is 54.7 Å². The van der Waals surface area contributed by atoms with Gasteiger partial charge < -0.3 is 49.3 Å². The number of hydrogen-bond acceptors (Lipinski definition) is 17. The summed E-state index contributed by atoms with van der Waals surface area (Å²) >= 11 is 0. The molecule has 1 saturated heterocycles. The number of unbranched alkanes of at least 4 members (excludes halogenated alkanes) is 2. The van der Waals surface area contributed by atoms with Gasteiger partial charge in [-0.2, -0.15) is 0 Å². The van der Waals surface area contributed by atoms with Gasteiger partial charge in [-0.25, -0.2) is 19.3 Å². The highest BCUT2D eigenvalue weighted by Crippen LogP contribution is 2.60. The number of fused-ring (bicyclic) bond motifs is 1. The molecule has 0 aromatic carbocycles. The van der Waals surface area contributed by atoms with E-state index >= 15 is 0 Å². The van der Waals surface area contributed by atoms with Crippen LogP contribution < -0.4 is 25.3 Å². The molecule has 4 N–H and O–H groups in total. The number of phosphoric ester groups is 1. The number of ether oxygens (including phenoxy) is 1. The number of anilines is 1. The van der Waals surface area contributed by atoms with Gasteiger partial charge in [-0.15, -0.1) is 0 Å². The van der Waals surface area contributed by atoms with E-state index in [1.54, 1.807) is 0 Å². The van der Waals surface area contributed by atoms with Crippen LogP contribution in [-0.2, 0) is 31.6 Å². The van der Waals surface area contributed by atoms with Crippen molar-refractivity contribution in [1.82, 2.24) is 19.5 Å². The van der Waals surface area contributed by atoms with Crippen molar-refractivity contribution < 1.29 is 61.4 Å². The summed E-state index contributed by atoms with van der Waals surface area (Å²) in [4.78, 5) is 56.1. The number of aromatic nitrogens is 4. The van der Waals surface area contributed by atoms with E-state index in [-0.39, 0.29) is 22.8 Å². The molecule has 1 fully saturated rings. The Labute approximate surface area is 208 Å². The molecule has 3 heterocycles. The maximum atomic E-state index is 11.7. The van der Waals surface area contributed by atoms with E-state index in [2.05, 4.69) is 39.9 Å². The van der Waals surface area contributed by atoms with Crippen molar-refractivity contribution >= 4 is 40.4 Å². The largest absolute Gasteiger partial charge is 0.790 e. The first-order valence-electron chi connectivity index (χ1n) is 10.3. The Morgan fingerprint density at radius 1 is 1.14 bits per heavy atom. The summed E-state index contributed by atoms with van der Waals surface area (Å²) in [6, 6.07) is 0. The van der Waals surface area contributed by atoms with Crippen LogP contribution in [0.15, 0.2) is 6.33 Å². The maximum absolute atomic E-state index is 11.7. The average molecular weight is 583 g/mol. The maximum Gasteiger partial charge on any atom is 0.278 e. The molecule has 0 amide bonds. The SMILES string of the molecule is CCCCC#Cc1nc(N)c2ncn(C3OC(COP(=O)([O-])OP(=O)([O-])OP(=O)([O-])[O-])C(O)C3O)c2n1. The minimum Gasteiger partial charge on any atom is -0.790 e. The number of phosphoric acid groups is 3. The fraction of sp³-hybridized carbons (Fsp3) is 0.562. The second-order valence-corrected chi connectivity index (χ2v) is 11.8. The van der Waals surface area contributed by atoms with Crippen molar-refractivity contribution in [2.45, 2.75) is 50.7 Å². The summed E-state index contributed by atoms with van der Waals surface area (Å²) < 4.78 is 50.8. The van der Waals surface area contributed by atoms with E-state index in [1.807, 2.05) is 6.92 Å². The molecular formula is C16H20N5O13P3-4. The van der Waals surface area contributed by atoms with Gasteiger partial charge in [0.25, 0.3) is 15.6 Å². The Balaban J connectivity index is 1.75. The summed E-state index contributed by atoms with van der Waals surface area (Å²) in [5, 5.41) is 20.8. The van der Waals surface area contributed by atoms with Gasteiger partial charge in [-0.1, -0.05) is 19.3 Å². The predicted octanol–water partition coefficient (Wildman–Crippen LogP) is -2.62. The molecule has 3 rings (SSSR count). The number of rotatable bonds is 10. The van der Waals surface area contributed by atoms with Crippen molar-refractivity contribution in [3.8, 4) is 11.8 Å². The predicted molar refractivity (Wildman–Crippen MR) is 113 cm³/mol. The van der Waals surface area contributed by atoms with Crippen LogP contribution in [0.3, 0.4) is 0 Å². The third kappa shape index (κ3) is 7.85. The second kappa shape index (κ2) is 11.5. The lowest BCUT2D eigenvalue weighted by Gasteiger charge is -2.37. The van der Waals surface area contributed by atoms with Crippen molar-refractivity contribution in [3.05, 3.63) is 12.2 Å². The topological polar surface area (TPSA) is 290 Å². The number of nitrogens with two attached hydrogens (primary N) is 1. The fourth-order valence-corrected chi connectivity index (χ4v) is 6.00. The molecule has 0 radical (unpaired) electrons. The summed E-state index contributed by atoms with van der Waals surface area (Å²) in [5.74, 6) is 5.69. The number of nitrogen functional groups attached to an aromatic ring is 1. The summed E-state index contributed by atoms with van der Waals surface area (Å²) in [5.41, 5.74) is 6.11. The number of aliphatic hydroxyl groups excluding tert-OH is 2. The normalized spacial score (nSPS) is 25.4. The summed E-state index contributed by atoms with van der Waals surface area (Å²) in [6.07, 6.45) is -2.85. The molecule has 206 valence electrons. The molecule has 1 aliphatic rings. The zero-order chi connectivity index (χ0) is 27.6. The van der Waals surface area contributed by atoms with Crippen LogP contribution in [0.2, 0.25) is 0 Å². The van der Waals surface area contributed by atoms with E-state index in [0.29, 0.717) is 6.42 Å². The Bertz CT molecular complexity index is 1340. The zero-order valence-electron chi connectivity index (χ0n) is 18.8. The fourth-order valence-electron chi connectivity index (χ4n) is 3.13. The molecule has 0 spiro atoms. The number of aliphatic hydroxyl groups is 2. The molecule has 1 aliphatic heterocycles. The molecule has 0 aliphatic carbocycles. The molecule has 0 bridgehead atoms. The molecular weight excluding hydrogens is 563 g/mol. The Kier molecular flexibility index (Phi) is 9.26. The van der Waals surface area contributed by atoms with Crippen molar-refractivity contribution in [2.24, 2.45) is 0 Å². The minimum absolute atomic E-state index is 0.0223. The van der Waals surface area contributed by atoms with Crippen molar-refractivity contribution in [1.29, 1.82) is 0 Å². The monoisotopic (exact) mass is 583 g/mol. The third-order valence-electron chi connectivity index (χ3n) is 4.71. The van der Waals surface area contributed by atoms with E-state index in [1.165, 1.54) is 10.9 Å². The molecule has 21 heteroatoms. The third-order valence-corrected chi connectivity index (χ3v) is 8.38. The number of imidazole rings is 1.